The van der Waals surface area contributed by atoms with Crippen LogP contribution in [0.2, 0.25) is 0 Å². The van der Waals surface area contributed by atoms with Crippen LogP contribution in [0, 0.1) is 0 Å². The number of carbonyl (C=O) groups is 3. The fraction of sp³-hybridized carbons (Fsp3) is 0.318. The molecule has 9 nitrogen and oxygen atoms in total. The lowest BCUT2D eigenvalue weighted by atomic mass is 10.1. The maximum absolute atomic E-state index is 11.2. The van der Waals surface area contributed by atoms with Gasteiger partial charge >= 0.3 is 11.9 Å². The summed E-state index contributed by atoms with van der Waals surface area (Å²) < 4.78 is 5.58. The average molecular weight is 433 g/mol. The lowest BCUT2D eigenvalue weighted by Crippen LogP contribution is -2.37. The smallest absolute Gasteiger partial charge is 0.414 e. The van der Waals surface area contributed by atoms with Crippen LogP contribution < -0.4 is 4.74 Å². The van der Waals surface area contributed by atoms with Crippen molar-refractivity contribution in [3.63, 3.8) is 0 Å². The second kappa shape index (κ2) is 13.9. The van der Waals surface area contributed by atoms with Crippen molar-refractivity contribution in [1.82, 2.24) is 4.90 Å². The summed E-state index contributed by atoms with van der Waals surface area (Å²) in [6.45, 7) is 3.25. The molecule has 2 aromatic carbocycles. The Morgan fingerprint density at radius 2 is 1.55 bits per heavy atom. The first-order valence-electron chi connectivity index (χ1n) is 9.48. The summed E-state index contributed by atoms with van der Waals surface area (Å²) >= 11 is 0. The van der Waals surface area contributed by atoms with Crippen LogP contribution in [0.25, 0.3) is 0 Å². The maximum atomic E-state index is 11.2. The summed E-state index contributed by atoms with van der Waals surface area (Å²) in [7, 11) is 0. The Balaban J connectivity index is 0.000000703. The quantitative estimate of drug-likeness (QED) is 0.322. The molecule has 2 aromatic rings. The molecule has 9 heteroatoms. The molecule has 0 spiro atoms. The number of carbonyl (C=O) groups excluding carboxylic acids is 1. The van der Waals surface area contributed by atoms with Gasteiger partial charge in [-0.05, 0) is 36.8 Å². The van der Waals surface area contributed by atoms with Gasteiger partial charge in [0, 0.05) is 25.2 Å². The number of rotatable bonds is 10. The van der Waals surface area contributed by atoms with Crippen molar-refractivity contribution >= 4 is 17.7 Å². The summed E-state index contributed by atoms with van der Waals surface area (Å²) in [6, 6.07) is 16.8. The molecule has 0 aliphatic heterocycles. The number of aliphatic carboxylic acids is 2. The zero-order valence-electron chi connectivity index (χ0n) is 17.2. The second-order valence-corrected chi connectivity index (χ2v) is 6.60. The maximum Gasteiger partial charge on any atom is 0.414 e. The Labute approximate surface area is 180 Å². The zero-order chi connectivity index (χ0) is 23.2. The largest absolute Gasteiger partial charge is 0.491 e. The third-order valence-electron chi connectivity index (χ3n) is 4.02. The Morgan fingerprint density at radius 3 is 2.03 bits per heavy atom. The molecule has 0 saturated carbocycles. The van der Waals surface area contributed by atoms with E-state index >= 15 is 0 Å². The molecule has 0 aliphatic carbocycles. The summed E-state index contributed by atoms with van der Waals surface area (Å²) in [4.78, 5) is 31.4. The molecule has 2 rings (SSSR count). The highest BCUT2D eigenvalue weighted by Crippen LogP contribution is 2.13. The molecular weight excluding hydrogens is 406 g/mol. The van der Waals surface area contributed by atoms with Crippen LogP contribution in [0.4, 0.5) is 0 Å². The lowest BCUT2D eigenvalue weighted by Gasteiger charge is -2.24. The minimum atomic E-state index is -1.82. The highest BCUT2D eigenvalue weighted by molar-refractivity contribution is 6.27. The van der Waals surface area contributed by atoms with Crippen molar-refractivity contribution in [3.05, 3.63) is 65.7 Å². The van der Waals surface area contributed by atoms with Crippen molar-refractivity contribution < 1.29 is 39.5 Å². The van der Waals surface area contributed by atoms with Gasteiger partial charge in [0.2, 0.25) is 0 Å². The van der Waals surface area contributed by atoms with Crippen molar-refractivity contribution in [2.24, 2.45) is 0 Å². The van der Waals surface area contributed by atoms with E-state index in [4.69, 9.17) is 24.5 Å². The van der Waals surface area contributed by atoms with Gasteiger partial charge < -0.3 is 25.2 Å². The normalized spacial score (nSPS) is 11.2. The van der Waals surface area contributed by atoms with E-state index in [0.29, 0.717) is 30.9 Å². The van der Waals surface area contributed by atoms with Gasteiger partial charge in [0.05, 0.1) is 6.61 Å². The van der Waals surface area contributed by atoms with E-state index in [1.54, 1.807) is 24.3 Å². The van der Waals surface area contributed by atoms with Gasteiger partial charge in [-0.15, -0.1) is 0 Å². The average Bonchev–Trinajstić information content (AvgIpc) is 2.74. The summed E-state index contributed by atoms with van der Waals surface area (Å²) in [6.07, 6.45) is -0.678. The van der Waals surface area contributed by atoms with Gasteiger partial charge in [-0.25, -0.2) is 9.59 Å². The van der Waals surface area contributed by atoms with Crippen LogP contribution in [0.3, 0.4) is 0 Å². The summed E-state index contributed by atoms with van der Waals surface area (Å²) in [5.74, 6) is -3.03. The standard InChI is InChI=1S/C20H25NO4.C2H2O4/c1-16(23)18-7-9-20(10-8-18)25-15-19(24)14-21(11-12-22)13-17-5-3-2-4-6-17;3-1(4)2(5)6/h2-10,19,22,24H,11-15H2,1H3;(H,3,4)(H,5,6). The Kier molecular flexibility index (Phi) is 11.5. The number of carboxylic acids is 2. The Bertz CT molecular complexity index is 811. The molecule has 0 heterocycles. The number of Topliss-reactive ketones (excluding diaryl/α,β-unsaturated/α-hetero) is 1. The molecule has 0 aromatic heterocycles. The van der Waals surface area contributed by atoms with Crippen LogP contribution in [0.1, 0.15) is 22.8 Å². The molecule has 0 bridgehead atoms. The minimum Gasteiger partial charge on any atom is -0.491 e. The van der Waals surface area contributed by atoms with E-state index in [-0.39, 0.29) is 19.0 Å². The van der Waals surface area contributed by atoms with E-state index in [1.807, 2.05) is 35.2 Å². The van der Waals surface area contributed by atoms with Crippen molar-refractivity contribution in [1.29, 1.82) is 0 Å². The lowest BCUT2D eigenvalue weighted by molar-refractivity contribution is -0.159. The van der Waals surface area contributed by atoms with E-state index in [0.717, 1.165) is 5.56 Å². The molecule has 31 heavy (non-hydrogen) atoms. The number of ether oxygens (including phenoxy) is 1. The van der Waals surface area contributed by atoms with Crippen LogP contribution in [-0.4, -0.2) is 75.5 Å². The first kappa shape index (κ1) is 25.8. The predicted octanol–water partition coefficient (Wildman–Crippen LogP) is 1.28. The molecule has 0 radical (unpaired) electrons. The monoisotopic (exact) mass is 433 g/mol. The first-order chi connectivity index (χ1) is 14.7. The molecule has 4 N–H and O–H groups in total. The van der Waals surface area contributed by atoms with E-state index < -0.39 is 18.0 Å². The summed E-state index contributed by atoms with van der Waals surface area (Å²) in [5.41, 5.74) is 1.76. The number of aliphatic hydroxyl groups is 2. The van der Waals surface area contributed by atoms with Crippen LogP contribution >= 0.6 is 0 Å². The molecular formula is C22H27NO8. The van der Waals surface area contributed by atoms with Gasteiger partial charge in [0.1, 0.15) is 18.5 Å². The fourth-order valence-electron chi connectivity index (χ4n) is 2.55. The Morgan fingerprint density at radius 1 is 0.968 bits per heavy atom. The number of carboxylic acid groups (broad SMARTS) is 2. The highest BCUT2D eigenvalue weighted by atomic mass is 16.5. The number of hydrogen-bond donors (Lipinski definition) is 4. The third-order valence-corrected chi connectivity index (χ3v) is 4.02. The molecule has 1 unspecified atom stereocenters. The first-order valence-corrected chi connectivity index (χ1v) is 9.48. The van der Waals surface area contributed by atoms with Crippen molar-refractivity contribution in [3.8, 4) is 5.75 Å². The van der Waals surface area contributed by atoms with Gasteiger partial charge in [-0.2, -0.15) is 0 Å². The van der Waals surface area contributed by atoms with E-state index in [2.05, 4.69) is 0 Å². The molecule has 0 aliphatic rings. The molecule has 0 fully saturated rings. The molecule has 0 saturated heterocycles. The van der Waals surface area contributed by atoms with Crippen molar-refractivity contribution in [2.45, 2.75) is 19.6 Å². The van der Waals surface area contributed by atoms with E-state index in [9.17, 15) is 15.0 Å². The van der Waals surface area contributed by atoms with Gasteiger partial charge in [0.15, 0.2) is 5.78 Å². The number of aliphatic hydroxyl groups excluding tert-OH is 2. The topological polar surface area (TPSA) is 145 Å². The van der Waals surface area contributed by atoms with Crippen LogP contribution in [-0.2, 0) is 16.1 Å². The zero-order valence-corrected chi connectivity index (χ0v) is 17.2. The SMILES string of the molecule is CC(=O)c1ccc(OCC(O)CN(CCO)Cc2ccccc2)cc1.O=C(O)C(=O)O. The number of benzene rings is 2. The van der Waals surface area contributed by atoms with Gasteiger partial charge in [0.25, 0.3) is 0 Å². The molecule has 1 atom stereocenters. The molecule has 0 amide bonds. The number of ketones is 1. The second-order valence-electron chi connectivity index (χ2n) is 6.60. The fourth-order valence-corrected chi connectivity index (χ4v) is 2.55. The molecule has 168 valence electrons. The van der Waals surface area contributed by atoms with Crippen LogP contribution in [0.15, 0.2) is 54.6 Å². The number of hydrogen-bond acceptors (Lipinski definition) is 7. The van der Waals surface area contributed by atoms with Crippen molar-refractivity contribution in [2.75, 3.05) is 26.3 Å². The third kappa shape index (κ3) is 10.9. The highest BCUT2D eigenvalue weighted by Gasteiger charge is 2.13. The van der Waals surface area contributed by atoms with Crippen LogP contribution in [0.5, 0.6) is 5.75 Å². The summed E-state index contributed by atoms with van der Waals surface area (Å²) in [5, 5.41) is 34.2. The van der Waals surface area contributed by atoms with Gasteiger partial charge in [-0.1, -0.05) is 30.3 Å². The predicted molar refractivity (Wildman–Crippen MR) is 112 cm³/mol. The van der Waals surface area contributed by atoms with E-state index in [1.165, 1.54) is 6.92 Å². The number of nitrogens with zero attached hydrogens (tertiary/aromatic N) is 1. The van der Waals surface area contributed by atoms with Gasteiger partial charge in [-0.3, -0.25) is 9.69 Å². The minimum absolute atomic E-state index is 0.00661. The Hall–Kier alpha value is -3.27.